The van der Waals surface area contributed by atoms with Gasteiger partial charge < -0.3 is 10.2 Å². The van der Waals surface area contributed by atoms with E-state index in [1.807, 2.05) is 0 Å². The Labute approximate surface area is 92.6 Å². The van der Waals surface area contributed by atoms with Crippen LogP contribution in [0.15, 0.2) is 36.4 Å². The number of phenolic OH excluding ortho intramolecular Hbond substituents is 2. The molecule has 82 valence electrons. The molecule has 0 heterocycles. The predicted molar refractivity (Wildman–Crippen MR) is 59.9 cm³/mol. The lowest BCUT2D eigenvalue weighted by Gasteiger charge is -2.07. The molecule has 2 nitrogen and oxygen atoms in total. The first-order valence-electron chi connectivity index (χ1n) is 4.86. The van der Waals surface area contributed by atoms with Gasteiger partial charge in [-0.3, -0.25) is 0 Å². The van der Waals surface area contributed by atoms with E-state index >= 15 is 0 Å². The van der Waals surface area contributed by atoms with Crippen LogP contribution in [0.25, 0.3) is 11.1 Å². The van der Waals surface area contributed by atoms with E-state index in [0.717, 1.165) is 0 Å². The van der Waals surface area contributed by atoms with Crippen molar-refractivity contribution in [1.82, 2.24) is 0 Å². The van der Waals surface area contributed by atoms with Crippen LogP contribution in [0.4, 0.5) is 4.39 Å². The van der Waals surface area contributed by atoms with Crippen LogP contribution >= 0.6 is 0 Å². The second-order valence-electron chi connectivity index (χ2n) is 3.66. The molecule has 0 unspecified atom stereocenters. The maximum Gasteiger partial charge on any atom is 0.124 e. The van der Waals surface area contributed by atoms with Gasteiger partial charge in [0.2, 0.25) is 0 Å². The quantitative estimate of drug-likeness (QED) is 0.771. The summed E-state index contributed by atoms with van der Waals surface area (Å²) in [6, 6.07) is 8.63. The van der Waals surface area contributed by atoms with Crippen LogP contribution in [0.2, 0.25) is 0 Å². The van der Waals surface area contributed by atoms with E-state index < -0.39 is 5.82 Å². The third-order valence-corrected chi connectivity index (χ3v) is 2.47. The Morgan fingerprint density at radius 1 is 0.938 bits per heavy atom. The summed E-state index contributed by atoms with van der Waals surface area (Å²) in [6.45, 7) is 1.75. The first-order chi connectivity index (χ1) is 7.58. The number of hydrogen-bond donors (Lipinski definition) is 2. The van der Waals surface area contributed by atoms with Gasteiger partial charge in [0.15, 0.2) is 0 Å². The zero-order valence-corrected chi connectivity index (χ0v) is 8.74. The van der Waals surface area contributed by atoms with Gasteiger partial charge in [-0.1, -0.05) is 6.07 Å². The molecule has 0 aliphatic rings. The number of aryl methyl sites for hydroxylation is 1. The molecule has 0 radical (unpaired) electrons. The minimum atomic E-state index is -0.404. The molecule has 0 atom stereocenters. The molecule has 3 heteroatoms. The molecule has 2 N–H and O–H groups in total. The highest BCUT2D eigenvalue weighted by molar-refractivity contribution is 5.71. The monoisotopic (exact) mass is 218 g/mol. The normalized spacial score (nSPS) is 10.4. The Morgan fingerprint density at radius 3 is 2.31 bits per heavy atom. The van der Waals surface area contributed by atoms with Crippen molar-refractivity contribution in [2.45, 2.75) is 6.92 Å². The molecular formula is C13H11FO2. The van der Waals surface area contributed by atoms with Crippen LogP contribution in [0, 0.1) is 12.7 Å². The van der Waals surface area contributed by atoms with Gasteiger partial charge in [0.05, 0.1) is 0 Å². The fraction of sp³-hybridized carbons (Fsp3) is 0.0769. The Morgan fingerprint density at radius 2 is 1.62 bits per heavy atom. The molecule has 0 bridgehead atoms. The summed E-state index contributed by atoms with van der Waals surface area (Å²) < 4.78 is 13.1. The number of phenols is 2. The standard InChI is InChI=1S/C13H11FO2/c1-8-6-9(2-4-12(8)15)11-7-10(14)3-5-13(11)16/h2-7,15-16H,1H3. The Hall–Kier alpha value is -2.03. The van der Waals surface area contributed by atoms with Gasteiger partial charge in [0.25, 0.3) is 0 Å². The number of hydrogen-bond acceptors (Lipinski definition) is 2. The molecule has 2 aromatic carbocycles. The van der Waals surface area contributed by atoms with Crippen molar-refractivity contribution in [2.75, 3.05) is 0 Å². The average Bonchev–Trinajstić information content (AvgIpc) is 2.26. The summed E-state index contributed by atoms with van der Waals surface area (Å²) in [4.78, 5) is 0. The number of benzene rings is 2. The maximum absolute atomic E-state index is 13.1. The van der Waals surface area contributed by atoms with Gasteiger partial charge in [0, 0.05) is 5.56 Å². The van der Waals surface area contributed by atoms with Crippen molar-refractivity contribution in [3.8, 4) is 22.6 Å². The lowest BCUT2D eigenvalue weighted by molar-refractivity contribution is 0.470. The van der Waals surface area contributed by atoms with Crippen molar-refractivity contribution in [3.05, 3.63) is 47.8 Å². The smallest absolute Gasteiger partial charge is 0.124 e. The number of aromatic hydroxyl groups is 2. The van der Waals surface area contributed by atoms with E-state index in [4.69, 9.17) is 0 Å². The van der Waals surface area contributed by atoms with Crippen molar-refractivity contribution >= 4 is 0 Å². The fourth-order valence-corrected chi connectivity index (χ4v) is 1.56. The Kier molecular flexibility index (Phi) is 2.52. The highest BCUT2D eigenvalue weighted by Gasteiger charge is 2.07. The summed E-state index contributed by atoms with van der Waals surface area (Å²) in [6.07, 6.45) is 0. The van der Waals surface area contributed by atoms with E-state index in [9.17, 15) is 14.6 Å². The molecule has 0 spiro atoms. The maximum atomic E-state index is 13.1. The van der Waals surface area contributed by atoms with Crippen molar-refractivity contribution in [3.63, 3.8) is 0 Å². The van der Waals surface area contributed by atoms with Crippen LogP contribution in [0.3, 0.4) is 0 Å². The number of halogens is 1. The van der Waals surface area contributed by atoms with Gasteiger partial charge in [-0.2, -0.15) is 0 Å². The van der Waals surface area contributed by atoms with Crippen LogP contribution in [-0.4, -0.2) is 10.2 Å². The van der Waals surface area contributed by atoms with Crippen LogP contribution in [0.5, 0.6) is 11.5 Å². The lowest BCUT2D eigenvalue weighted by Crippen LogP contribution is -1.83. The SMILES string of the molecule is Cc1cc(-c2cc(F)ccc2O)ccc1O. The van der Waals surface area contributed by atoms with Crippen LogP contribution in [0.1, 0.15) is 5.56 Å². The molecule has 0 aliphatic heterocycles. The van der Waals surface area contributed by atoms with Crippen molar-refractivity contribution in [2.24, 2.45) is 0 Å². The average molecular weight is 218 g/mol. The molecule has 16 heavy (non-hydrogen) atoms. The first-order valence-corrected chi connectivity index (χ1v) is 4.86. The summed E-state index contributed by atoms with van der Waals surface area (Å²) in [5.41, 5.74) is 1.77. The zero-order chi connectivity index (χ0) is 11.7. The molecule has 0 aliphatic carbocycles. The molecule has 0 saturated carbocycles. The second-order valence-corrected chi connectivity index (χ2v) is 3.66. The van der Waals surface area contributed by atoms with E-state index in [1.54, 1.807) is 19.1 Å². The second kappa shape index (κ2) is 3.85. The first kappa shape index (κ1) is 10.5. The molecule has 0 amide bonds. The molecule has 2 rings (SSSR count). The van der Waals surface area contributed by atoms with E-state index in [-0.39, 0.29) is 11.5 Å². The Bertz CT molecular complexity index is 535. The summed E-state index contributed by atoms with van der Waals surface area (Å²) in [5.74, 6) is -0.204. The van der Waals surface area contributed by atoms with Gasteiger partial charge >= 0.3 is 0 Å². The topological polar surface area (TPSA) is 40.5 Å². The molecule has 0 fully saturated rings. The van der Waals surface area contributed by atoms with Gasteiger partial charge in [-0.05, 0) is 48.4 Å². The van der Waals surface area contributed by atoms with Gasteiger partial charge in [-0.25, -0.2) is 4.39 Å². The third-order valence-electron chi connectivity index (χ3n) is 2.47. The molecule has 0 saturated heterocycles. The highest BCUT2D eigenvalue weighted by Crippen LogP contribution is 2.32. The molecular weight excluding hydrogens is 207 g/mol. The van der Waals surface area contributed by atoms with E-state index in [2.05, 4.69) is 0 Å². The van der Waals surface area contributed by atoms with Crippen molar-refractivity contribution < 1.29 is 14.6 Å². The zero-order valence-electron chi connectivity index (χ0n) is 8.74. The van der Waals surface area contributed by atoms with Gasteiger partial charge in [0.1, 0.15) is 17.3 Å². The summed E-state index contributed by atoms with van der Waals surface area (Å²) in [5, 5.41) is 19.0. The highest BCUT2D eigenvalue weighted by atomic mass is 19.1. The van der Waals surface area contributed by atoms with E-state index in [0.29, 0.717) is 16.7 Å². The van der Waals surface area contributed by atoms with Crippen LogP contribution < -0.4 is 0 Å². The lowest BCUT2D eigenvalue weighted by atomic mass is 10.0. The predicted octanol–water partition coefficient (Wildman–Crippen LogP) is 3.21. The molecule has 0 aromatic heterocycles. The van der Waals surface area contributed by atoms with Crippen molar-refractivity contribution in [1.29, 1.82) is 0 Å². The largest absolute Gasteiger partial charge is 0.508 e. The fourth-order valence-electron chi connectivity index (χ4n) is 1.56. The van der Waals surface area contributed by atoms with Crippen LogP contribution in [-0.2, 0) is 0 Å². The van der Waals surface area contributed by atoms with E-state index in [1.165, 1.54) is 24.3 Å². The molecule has 2 aromatic rings. The Balaban J connectivity index is 2.58. The van der Waals surface area contributed by atoms with Gasteiger partial charge in [-0.15, -0.1) is 0 Å². The summed E-state index contributed by atoms with van der Waals surface area (Å²) >= 11 is 0. The number of rotatable bonds is 1. The minimum Gasteiger partial charge on any atom is -0.508 e. The third kappa shape index (κ3) is 1.84. The summed E-state index contributed by atoms with van der Waals surface area (Å²) in [7, 11) is 0. The minimum absolute atomic E-state index is 0.0199.